The largest absolute Gasteiger partial charge is 0.473 e. The summed E-state index contributed by atoms with van der Waals surface area (Å²) in [5.41, 5.74) is 7.73. The van der Waals surface area contributed by atoms with Crippen molar-refractivity contribution in [2.75, 3.05) is 0 Å². The molecule has 1 aliphatic carbocycles. The fraction of sp³-hybridized carbons (Fsp3) is 0.438. The lowest BCUT2D eigenvalue weighted by Crippen LogP contribution is -2.34. The van der Waals surface area contributed by atoms with E-state index in [1.54, 1.807) is 17.1 Å². The number of aromatic nitrogens is 5. The molecule has 2 N–H and O–H groups in total. The van der Waals surface area contributed by atoms with Crippen molar-refractivity contribution in [3.63, 3.8) is 0 Å². The summed E-state index contributed by atoms with van der Waals surface area (Å²) in [4.78, 5) is 4.52. The summed E-state index contributed by atoms with van der Waals surface area (Å²) in [6.07, 6.45) is 9.99. The van der Waals surface area contributed by atoms with Crippen LogP contribution < -0.4 is 10.5 Å². The third-order valence-corrected chi connectivity index (χ3v) is 4.37. The van der Waals surface area contributed by atoms with Crippen molar-refractivity contribution in [3.8, 4) is 17.1 Å². The van der Waals surface area contributed by atoms with Crippen LogP contribution in [0.1, 0.15) is 25.7 Å². The van der Waals surface area contributed by atoms with Crippen molar-refractivity contribution in [2.45, 2.75) is 37.8 Å². The second kappa shape index (κ2) is 5.86. The molecule has 126 valence electrons. The third kappa shape index (κ3) is 2.73. The lowest BCUT2D eigenvalue weighted by atomic mass is 9.94. The average Bonchev–Trinajstić information content (AvgIpc) is 3.14. The van der Waals surface area contributed by atoms with Crippen LogP contribution in [0.2, 0.25) is 0 Å². The minimum atomic E-state index is -0.449. The van der Waals surface area contributed by atoms with Crippen molar-refractivity contribution in [2.24, 2.45) is 12.8 Å². The van der Waals surface area contributed by atoms with E-state index >= 15 is 0 Å². The summed E-state index contributed by atoms with van der Waals surface area (Å²) in [5, 5.41) is 8.20. The first kappa shape index (κ1) is 15.1. The van der Waals surface area contributed by atoms with Gasteiger partial charge in [-0.25, -0.2) is 13.9 Å². The van der Waals surface area contributed by atoms with E-state index in [1.165, 1.54) is 10.7 Å². The molecule has 3 aromatic rings. The molecule has 0 aliphatic heterocycles. The number of ether oxygens (including phenoxy) is 1. The van der Waals surface area contributed by atoms with Gasteiger partial charge in [0, 0.05) is 24.8 Å². The van der Waals surface area contributed by atoms with Gasteiger partial charge < -0.3 is 10.5 Å². The maximum absolute atomic E-state index is 14.1. The van der Waals surface area contributed by atoms with E-state index in [4.69, 9.17) is 10.5 Å². The molecule has 0 aromatic carbocycles. The molecule has 3 aromatic heterocycles. The van der Waals surface area contributed by atoms with Crippen LogP contribution in [-0.2, 0) is 7.05 Å². The van der Waals surface area contributed by atoms with Gasteiger partial charge in [0.2, 0.25) is 5.88 Å². The van der Waals surface area contributed by atoms with E-state index in [0.717, 1.165) is 31.2 Å². The fourth-order valence-electron chi connectivity index (χ4n) is 3.17. The van der Waals surface area contributed by atoms with Crippen LogP contribution in [-0.4, -0.2) is 36.5 Å². The molecule has 1 fully saturated rings. The van der Waals surface area contributed by atoms with E-state index in [0.29, 0.717) is 5.69 Å². The SMILES string of the molecule is Cn1cc(-c2cn3ncc(F)c3c(O[C@@H]3CCC[C@H](N)C3)n2)cn1. The number of aryl methyl sites for hydroxylation is 1. The van der Waals surface area contributed by atoms with Gasteiger partial charge >= 0.3 is 0 Å². The molecule has 0 radical (unpaired) electrons. The number of nitrogens with two attached hydrogens (primary N) is 1. The van der Waals surface area contributed by atoms with Gasteiger partial charge in [-0.15, -0.1) is 0 Å². The molecule has 0 saturated heterocycles. The molecule has 7 nitrogen and oxygen atoms in total. The maximum Gasteiger partial charge on any atom is 0.244 e. The van der Waals surface area contributed by atoms with E-state index in [-0.39, 0.29) is 23.5 Å². The predicted molar refractivity (Wildman–Crippen MR) is 86.0 cm³/mol. The Labute approximate surface area is 138 Å². The van der Waals surface area contributed by atoms with Gasteiger partial charge in [0.1, 0.15) is 6.10 Å². The molecular weight excluding hydrogens is 311 g/mol. The second-order valence-corrected chi connectivity index (χ2v) is 6.29. The zero-order valence-corrected chi connectivity index (χ0v) is 13.4. The minimum Gasteiger partial charge on any atom is -0.473 e. The highest BCUT2D eigenvalue weighted by Crippen LogP contribution is 2.29. The van der Waals surface area contributed by atoms with Gasteiger partial charge in [-0.3, -0.25) is 4.68 Å². The Morgan fingerprint density at radius 3 is 2.88 bits per heavy atom. The molecule has 0 spiro atoms. The first-order chi connectivity index (χ1) is 11.6. The van der Waals surface area contributed by atoms with Crippen molar-refractivity contribution < 1.29 is 9.13 Å². The summed E-state index contributed by atoms with van der Waals surface area (Å²) >= 11 is 0. The average molecular weight is 330 g/mol. The Balaban J connectivity index is 1.75. The van der Waals surface area contributed by atoms with Crippen molar-refractivity contribution in [1.82, 2.24) is 24.4 Å². The minimum absolute atomic E-state index is 0.0523. The van der Waals surface area contributed by atoms with Crippen LogP contribution in [0.15, 0.2) is 24.8 Å². The van der Waals surface area contributed by atoms with E-state index < -0.39 is 5.82 Å². The molecule has 2 atom stereocenters. The molecule has 3 heterocycles. The smallest absolute Gasteiger partial charge is 0.244 e. The zero-order chi connectivity index (χ0) is 16.7. The Bertz CT molecular complexity index is 873. The van der Waals surface area contributed by atoms with Crippen LogP contribution in [0.25, 0.3) is 16.8 Å². The zero-order valence-electron chi connectivity index (χ0n) is 13.4. The monoisotopic (exact) mass is 330 g/mol. The summed E-state index contributed by atoms with van der Waals surface area (Å²) in [6, 6.07) is 0.121. The quantitative estimate of drug-likeness (QED) is 0.793. The van der Waals surface area contributed by atoms with Gasteiger partial charge in [-0.05, 0) is 25.7 Å². The Morgan fingerprint density at radius 2 is 2.12 bits per heavy atom. The normalized spacial score (nSPS) is 21.3. The van der Waals surface area contributed by atoms with Gasteiger partial charge in [0.25, 0.3) is 0 Å². The molecule has 0 unspecified atom stereocenters. The topological polar surface area (TPSA) is 83.3 Å². The molecule has 4 rings (SSSR count). The highest BCUT2D eigenvalue weighted by Gasteiger charge is 2.24. The third-order valence-electron chi connectivity index (χ3n) is 4.37. The Kier molecular flexibility index (Phi) is 3.68. The number of hydrogen-bond acceptors (Lipinski definition) is 5. The van der Waals surface area contributed by atoms with Crippen LogP contribution >= 0.6 is 0 Å². The number of fused-ring (bicyclic) bond motifs is 1. The Morgan fingerprint density at radius 1 is 1.25 bits per heavy atom. The van der Waals surface area contributed by atoms with Crippen LogP contribution in [0.5, 0.6) is 5.88 Å². The molecule has 1 aliphatic rings. The molecule has 0 amide bonds. The predicted octanol–water partition coefficient (Wildman–Crippen LogP) is 1.92. The van der Waals surface area contributed by atoms with E-state index in [2.05, 4.69) is 15.2 Å². The van der Waals surface area contributed by atoms with Crippen LogP contribution in [0, 0.1) is 5.82 Å². The van der Waals surface area contributed by atoms with Gasteiger partial charge in [0.15, 0.2) is 11.3 Å². The van der Waals surface area contributed by atoms with E-state index in [1.807, 2.05) is 13.2 Å². The highest BCUT2D eigenvalue weighted by molar-refractivity contribution is 5.64. The summed E-state index contributed by atoms with van der Waals surface area (Å²) in [5.74, 6) is -0.194. The first-order valence-corrected chi connectivity index (χ1v) is 8.05. The number of halogens is 1. The molecule has 1 saturated carbocycles. The van der Waals surface area contributed by atoms with Crippen LogP contribution in [0.3, 0.4) is 0 Å². The lowest BCUT2D eigenvalue weighted by molar-refractivity contribution is 0.140. The summed E-state index contributed by atoms with van der Waals surface area (Å²) in [7, 11) is 1.83. The first-order valence-electron chi connectivity index (χ1n) is 8.05. The van der Waals surface area contributed by atoms with Gasteiger partial charge in [-0.2, -0.15) is 10.2 Å². The Hall–Kier alpha value is -2.48. The summed E-state index contributed by atoms with van der Waals surface area (Å²) < 4.78 is 23.3. The fourth-order valence-corrected chi connectivity index (χ4v) is 3.17. The number of nitrogens with zero attached hydrogens (tertiary/aromatic N) is 5. The summed E-state index contributed by atoms with van der Waals surface area (Å²) in [6.45, 7) is 0. The van der Waals surface area contributed by atoms with Crippen molar-refractivity contribution in [1.29, 1.82) is 0 Å². The molecule has 24 heavy (non-hydrogen) atoms. The molecular formula is C16H19FN6O. The van der Waals surface area contributed by atoms with E-state index in [9.17, 15) is 4.39 Å². The highest BCUT2D eigenvalue weighted by atomic mass is 19.1. The van der Waals surface area contributed by atoms with Gasteiger partial charge in [0.05, 0.1) is 24.3 Å². The van der Waals surface area contributed by atoms with Crippen LogP contribution in [0.4, 0.5) is 4.39 Å². The number of rotatable bonds is 3. The molecule has 0 bridgehead atoms. The number of hydrogen-bond donors (Lipinski definition) is 1. The lowest BCUT2D eigenvalue weighted by Gasteiger charge is -2.27. The standard InChI is InChI=1S/C16H19FN6O/c1-22-8-10(6-19-22)14-9-23-15(13(17)7-20-23)16(21-14)24-12-4-2-3-11(18)5-12/h6-9,11-12H,2-5,18H2,1H3/t11-,12+/m0/s1. The van der Waals surface area contributed by atoms with Crippen molar-refractivity contribution in [3.05, 3.63) is 30.6 Å². The van der Waals surface area contributed by atoms with Gasteiger partial charge in [-0.1, -0.05) is 0 Å². The maximum atomic E-state index is 14.1. The molecule has 8 heteroatoms. The van der Waals surface area contributed by atoms with Crippen molar-refractivity contribution >= 4 is 5.52 Å². The second-order valence-electron chi connectivity index (χ2n) is 6.29.